The van der Waals surface area contributed by atoms with Crippen molar-refractivity contribution in [2.45, 2.75) is 32.2 Å². The summed E-state index contributed by atoms with van der Waals surface area (Å²) in [4.78, 5) is 31.4. The third-order valence-electron chi connectivity index (χ3n) is 4.33. The highest BCUT2D eigenvalue weighted by Gasteiger charge is 2.29. The van der Waals surface area contributed by atoms with Gasteiger partial charge in [0.15, 0.2) is 0 Å². The zero-order chi connectivity index (χ0) is 15.5. The number of amides is 2. The van der Waals surface area contributed by atoms with Crippen LogP contribution in [0.4, 0.5) is 5.82 Å². The molecule has 6 nitrogen and oxygen atoms in total. The van der Waals surface area contributed by atoms with E-state index in [1.165, 1.54) is 4.90 Å². The summed E-state index contributed by atoms with van der Waals surface area (Å²) in [5.74, 6) is 0.932. The number of piperazine rings is 1. The molecule has 0 spiro atoms. The van der Waals surface area contributed by atoms with E-state index in [2.05, 4.69) is 21.3 Å². The number of nitrogens with zero attached hydrogens (tertiary/aromatic N) is 3. The molecule has 1 aromatic rings. The van der Waals surface area contributed by atoms with Crippen LogP contribution in [-0.2, 0) is 9.59 Å². The number of nitrogens with one attached hydrogen (secondary N) is 1. The van der Waals surface area contributed by atoms with Crippen molar-refractivity contribution in [1.29, 1.82) is 0 Å². The second-order valence-electron chi connectivity index (χ2n) is 6.02. The molecule has 1 unspecified atom stereocenters. The van der Waals surface area contributed by atoms with Crippen molar-refractivity contribution in [3.63, 3.8) is 0 Å². The number of imide groups is 1. The molecule has 2 amide bonds. The molecule has 0 bridgehead atoms. The molecule has 2 aliphatic heterocycles. The van der Waals surface area contributed by atoms with Gasteiger partial charge in [0, 0.05) is 51.3 Å². The molecule has 1 N–H and O–H groups in total. The second-order valence-corrected chi connectivity index (χ2v) is 6.02. The molecule has 22 heavy (non-hydrogen) atoms. The summed E-state index contributed by atoms with van der Waals surface area (Å²) in [6, 6.07) is 4.39. The van der Waals surface area contributed by atoms with Gasteiger partial charge in [-0.3, -0.25) is 14.5 Å². The Morgan fingerprint density at radius 1 is 1.27 bits per heavy atom. The van der Waals surface area contributed by atoms with Gasteiger partial charge in [-0.05, 0) is 25.0 Å². The third kappa shape index (κ3) is 3.27. The lowest BCUT2D eigenvalue weighted by Crippen LogP contribution is -2.52. The molecule has 0 saturated carbocycles. The van der Waals surface area contributed by atoms with E-state index < -0.39 is 0 Å². The Hall–Kier alpha value is -1.95. The van der Waals surface area contributed by atoms with Gasteiger partial charge in [0.2, 0.25) is 11.8 Å². The maximum absolute atomic E-state index is 11.6. The minimum atomic E-state index is -0.0298. The number of pyridine rings is 1. The number of aromatic nitrogens is 1. The molecule has 1 aromatic heterocycles. The monoisotopic (exact) mass is 302 g/mol. The normalized spacial score (nSPS) is 22.5. The molecule has 0 aliphatic carbocycles. The summed E-state index contributed by atoms with van der Waals surface area (Å²) >= 11 is 0. The van der Waals surface area contributed by atoms with Gasteiger partial charge in [-0.25, -0.2) is 4.98 Å². The molecule has 3 rings (SSSR count). The molecule has 2 aliphatic rings. The Labute approximate surface area is 130 Å². The summed E-state index contributed by atoms with van der Waals surface area (Å²) in [5, 5.41) is 3.47. The van der Waals surface area contributed by atoms with Crippen molar-refractivity contribution in [2.24, 2.45) is 0 Å². The van der Waals surface area contributed by atoms with Crippen molar-refractivity contribution < 1.29 is 9.59 Å². The average Bonchev–Trinajstić information content (AvgIpc) is 2.85. The van der Waals surface area contributed by atoms with Crippen LogP contribution in [0.2, 0.25) is 0 Å². The van der Waals surface area contributed by atoms with E-state index in [0.29, 0.717) is 19.4 Å². The number of carbonyl (C=O) groups excluding carboxylic acids is 2. The SMILES string of the molecule is Cc1ccc(N2CCNC(CCN3C(=O)CCC3=O)C2)nc1. The topological polar surface area (TPSA) is 65.5 Å². The highest BCUT2D eigenvalue weighted by molar-refractivity contribution is 6.01. The summed E-state index contributed by atoms with van der Waals surface area (Å²) in [5.41, 5.74) is 1.15. The Balaban J connectivity index is 1.55. The fourth-order valence-corrected chi connectivity index (χ4v) is 3.03. The van der Waals surface area contributed by atoms with Gasteiger partial charge >= 0.3 is 0 Å². The number of carbonyl (C=O) groups is 2. The molecule has 1 atom stereocenters. The quantitative estimate of drug-likeness (QED) is 0.830. The summed E-state index contributed by atoms with van der Waals surface area (Å²) in [6.07, 6.45) is 3.42. The average molecular weight is 302 g/mol. The van der Waals surface area contributed by atoms with Crippen LogP contribution in [0.15, 0.2) is 18.3 Å². The molecule has 0 radical (unpaired) electrons. The van der Waals surface area contributed by atoms with Crippen molar-refractivity contribution in [3.05, 3.63) is 23.9 Å². The predicted molar refractivity (Wildman–Crippen MR) is 83.5 cm³/mol. The van der Waals surface area contributed by atoms with E-state index in [1.807, 2.05) is 19.2 Å². The largest absolute Gasteiger partial charge is 0.354 e. The number of anilines is 1. The number of rotatable bonds is 4. The molecular weight excluding hydrogens is 280 g/mol. The molecular formula is C16H22N4O2. The van der Waals surface area contributed by atoms with Gasteiger partial charge in [-0.1, -0.05) is 6.07 Å². The van der Waals surface area contributed by atoms with Crippen molar-refractivity contribution >= 4 is 17.6 Å². The van der Waals surface area contributed by atoms with Crippen LogP contribution in [-0.4, -0.2) is 53.9 Å². The smallest absolute Gasteiger partial charge is 0.229 e. The first-order valence-corrected chi connectivity index (χ1v) is 7.87. The van der Waals surface area contributed by atoms with Gasteiger partial charge in [0.05, 0.1) is 0 Å². The van der Waals surface area contributed by atoms with Crippen LogP contribution in [0.3, 0.4) is 0 Å². The van der Waals surface area contributed by atoms with Crippen LogP contribution >= 0.6 is 0 Å². The van der Waals surface area contributed by atoms with Crippen LogP contribution < -0.4 is 10.2 Å². The van der Waals surface area contributed by atoms with E-state index in [9.17, 15) is 9.59 Å². The number of hydrogen-bond acceptors (Lipinski definition) is 5. The van der Waals surface area contributed by atoms with Crippen molar-refractivity contribution in [3.8, 4) is 0 Å². The Bertz CT molecular complexity index is 542. The van der Waals surface area contributed by atoms with E-state index >= 15 is 0 Å². The lowest BCUT2D eigenvalue weighted by atomic mass is 10.1. The minimum absolute atomic E-state index is 0.0298. The second kappa shape index (κ2) is 6.44. The first-order valence-electron chi connectivity index (χ1n) is 7.87. The van der Waals surface area contributed by atoms with Gasteiger partial charge in [0.1, 0.15) is 5.82 Å². The Kier molecular flexibility index (Phi) is 4.38. The third-order valence-corrected chi connectivity index (χ3v) is 4.33. The summed E-state index contributed by atoms with van der Waals surface area (Å²) < 4.78 is 0. The van der Waals surface area contributed by atoms with Gasteiger partial charge in [-0.2, -0.15) is 0 Å². The van der Waals surface area contributed by atoms with Gasteiger partial charge in [0.25, 0.3) is 0 Å². The molecule has 6 heteroatoms. The van der Waals surface area contributed by atoms with Crippen LogP contribution in [0.25, 0.3) is 0 Å². The predicted octanol–water partition coefficient (Wildman–Crippen LogP) is 0.707. The molecule has 3 heterocycles. The Morgan fingerprint density at radius 2 is 2.05 bits per heavy atom. The van der Waals surface area contributed by atoms with E-state index in [0.717, 1.165) is 37.4 Å². The van der Waals surface area contributed by atoms with Crippen LogP contribution in [0, 0.1) is 6.92 Å². The van der Waals surface area contributed by atoms with Crippen molar-refractivity contribution in [1.82, 2.24) is 15.2 Å². The molecule has 2 saturated heterocycles. The summed E-state index contributed by atoms with van der Waals surface area (Å²) in [7, 11) is 0. The highest BCUT2D eigenvalue weighted by atomic mass is 16.2. The van der Waals surface area contributed by atoms with E-state index in [-0.39, 0.29) is 17.9 Å². The Morgan fingerprint density at radius 3 is 2.73 bits per heavy atom. The fourth-order valence-electron chi connectivity index (χ4n) is 3.03. The standard InChI is InChI=1S/C16H22N4O2/c1-12-2-3-14(18-10-12)19-9-7-17-13(11-19)6-8-20-15(21)4-5-16(20)22/h2-3,10,13,17H,4-9,11H2,1H3. The van der Waals surface area contributed by atoms with Crippen molar-refractivity contribution in [2.75, 3.05) is 31.1 Å². The number of aryl methyl sites for hydroxylation is 1. The summed E-state index contributed by atoms with van der Waals surface area (Å²) in [6.45, 7) is 5.22. The first kappa shape index (κ1) is 15.0. The maximum Gasteiger partial charge on any atom is 0.229 e. The fraction of sp³-hybridized carbons (Fsp3) is 0.562. The zero-order valence-corrected chi connectivity index (χ0v) is 12.9. The lowest BCUT2D eigenvalue weighted by Gasteiger charge is -2.35. The minimum Gasteiger partial charge on any atom is -0.354 e. The lowest BCUT2D eigenvalue weighted by molar-refractivity contribution is -0.138. The van der Waals surface area contributed by atoms with Crippen LogP contribution in [0.1, 0.15) is 24.8 Å². The van der Waals surface area contributed by atoms with Gasteiger partial charge < -0.3 is 10.2 Å². The van der Waals surface area contributed by atoms with Crippen LogP contribution in [0.5, 0.6) is 0 Å². The van der Waals surface area contributed by atoms with E-state index in [4.69, 9.17) is 0 Å². The molecule has 0 aromatic carbocycles. The van der Waals surface area contributed by atoms with Gasteiger partial charge in [-0.15, -0.1) is 0 Å². The number of hydrogen-bond donors (Lipinski definition) is 1. The van der Waals surface area contributed by atoms with E-state index in [1.54, 1.807) is 0 Å². The number of likely N-dealkylation sites (tertiary alicyclic amines) is 1. The zero-order valence-electron chi connectivity index (χ0n) is 12.9. The first-order chi connectivity index (χ1) is 10.6. The molecule has 2 fully saturated rings. The molecule has 118 valence electrons. The highest BCUT2D eigenvalue weighted by Crippen LogP contribution is 2.16. The maximum atomic E-state index is 11.6.